The Hall–Kier alpha value is -0.800. The van der Waals surface area contributed by atoms with E-state index in [1.807, 2.05) is 0 Å². The molecular formula is C10H5F6IO. The fourth-order valence-electron chi connectivity index (χ4n) is 1.43. The summed E-state index contributed by atoms with van der Waals surface area (Å²) in [7, 11) is 0. The molecule has 0 bridgehead atoms. The van der Waals surface area contributed by atoms with Crippen LogP contribution in [0.4, 0.5) is 26.3 Å². The van der Waals surface area contributed by atoms with E-state index in [0.29, 0.717) is 19.1 Å². The largest absolute Gasteiger partial charge is 0.417 e. The zero-order chi connectivity index (χ0) is 14.3. The normalized spacial score (nSPS) is 12.7. The Morgan fingerprint density at radius 1 is 1.00 bits per heavy atom. The molecule has 0 atom stereocenters. The van der Waals surface area contributed by atoms with E-state index in [9.17, 15) is 31.1 Å². The predicted octanol–water partition coefficient (Wildman–Crippen LogP) is 4.53. The number of ketones is 1. The van der Waals surface area contributed by atoms with Gasteiger partial charge in [0.25, 0.3) is 0 Å². The third kappa shape index (κ3) is 3.15. The first-order valence-corrected chi connectivity index (χ1v) is 5.51. The summed E-state index contributed by atoms with van der Waals surface area (Å²) in [6.45, 7) is 0.673. The van der Waals surface area contributed by atoms with Crippen molar-refractivity contribution in [3.8, 4) is 0 Å². The summed E-state index contributed by atoms with van der Waals surface area (Å²) in [6, 6.07) is 1.04. The molecule has 0 unspecified atom stereocenters. The first-order valence-electron chi connectivity index (χ1n) is 4.43. The van der Waals surface area contributed by atoms with E-state index in [1.54, 1.807) is 0 Å². The standard InChI is InChI=1S/C10H5F6IO/c1-4(18)8-6(9(11,12)13)2-5(17)3-7(8)10(14,15)16/h2-3H,1H3. The number of hydrogen-bond donors (Lipinski definition) is 0. The third-order valence-corrected chi connectivity index (χ3v) is 2.69. The van der Waals surface area contributed by atoms with Gasteiger partial charge in [0.2, 0.25) is 0 Å². The van der Waals surface area contributed by atoms with Gasteiger partial charge in [0, 0.05) is 9.13 Å². The second kappa shape index (κ2) is 4.71. The SMILES string of the molecule is CC(=O)c1c(C(F)(F)F)cc(I)cc1C(F)(F)F. The monoisotopic (exact) mass is 382 g/mol. The van der Waals surface area contributed by atoms with Crippen molar-refractivity contribution >= 4 is 28.4 Å². The van der Waals surface area contributed by atoms with Gasteiger partial charge in [-0.05, 0) is 41.6 Å². The van der Waals surface area contributed by atoms with Crippen molar-refractivity contribution in [2.45, 2.75) is 19.3 Å². The van der Waals surface area contributed by atoms with Crippen LogP contribution in [0.25, 0.3) is 0 Å². The molecular weight excluding hydrogens is 377 g/mol. The van der Waals surface area contributed by atoms with Gasteiger partial charge in [-0.1, -0.05) is 0 Å². The average Bonchev–Trinajstić information content (AvgIpc) is 2.12. The number of benzene rings is 1. The lowest BCUT2D eigenvalue weighted by molar-refractivity contribution is -0.143. The summed E-state index contributed by atoms with van der Waals surface area (Å²) in [6.07, 6.45) is -10.0. The van der Waals surface area contributed by atoms with Crippen LogP contribution in [0.5, 0.6) is 0 Å². The van der Waals surface area contributed by atoms with E-state index in [2.05, 4.69) is 0 Å². The molecule has 1 aromatic rings. The highest BCUT2D eigenvalue weighted by Crippen LogP contribution is 2.40. The third-order valence-electron chi connectivity index (χ3n) is 2.07. The van der Waals surface area contributed by atoms with E-state index < -0.39 is 34.8 Å². The average molecular weight is 382 g/mol. The lowest BCUT2D eigenvalue weighted by Gasteiger charge is -2.17. The van der Waals surface area contributed by atoms with Crippen LogP contribution < -0.4 is 0 Å². The highest BCUT2D eigenvalue weighted by molar-refractivity contribution is 14.1. The van der Waals surface area contributed by atoms with Crippen LogP contribution in [0.3, 0.4) is 0 Å². The van der Waals surface area contributed by atoms with E-state index >= 15 is 0 Å². The molecule has 0 radical (unpaired) electrons. The van der Waals surface area contributed by atoms with Crippen molar-refractivity contribution in [2.75, 3.05) is 0 Å². The molecule has 0 saturated heterocycles. The molecule has 18 heavy (non-hydrogen) atoms. The minimum Gasteiger partial charge on any atom is -0.294 e. The Kier molecular flexibility index (Phi) is 3.99. The number of carbonyl (C=O) groups excluding carboxylic acids is 1. The number of rotatable bonds is 1. The summed E-state index contributed by atoms with van der Waals surface area (Å²) in [4.78, 5) is 11.1. The molecule has 1 nitrogen and oxygen atoms in total. The molecule has 8 heteroatoms. The van der Waals surface area contributed by atoms with Crippen LogP contribution in [-0.4, -0.2) is 5.78 Å². The minimum absolute atomic E-state index is 0.239. The van der Waals surface area contributed by atoms with Gasteiger partial charge in [-0.25, -0.2) is 0 Å². The van der Waals surface area contributed by atoms with Gasteiger partial charge < -0.3 is 0 Å². The van der Waals surface area contributed by atoms with Crippen LogP contribution in [0.15, 0.2) is 12.1 Å². The summed E-state index contributed by atoms with van der Waals surface area (Å²) in [5.41, 5.74) is -4.46. The lowest BCUT2D eigenvalue weighted by Crippen LogP contribution is -2.19. The summed E-state index contributed by atoms with van der Waals surface area (Å²) >= 11 is 1.34. The van der Waals surface area contributed by atoms with Gasteiger partial charge >= 0.3 is 12.4 Å². The predicted molar refractivity (Wildman–Crippen MR) is 59.2 cm³/mol. The smallest absolute Gasteiger partial charge is 0.294 e. The molecule has 0 N–H and O–H groups in total. The van der Waals surface area contributed by atoms with Crippen molar-refractivity contribution in [1.29, 1.82) is 0 Å². The van der Waals surface area contributed by atoms with Crippen molar-refractivity contribution < 1.29 is 31.1 Å². The van der Waals surface area contributed by atoms with Crippen LogP contribution in [0.2, 0.25) is 0 Å². The van der Waals surface area contributed by atoms with Gasteiger partial charge in [0.1, 0.15) is 0 Å². The van der Waals surface area contributed by atoms with E-state index in [-0.39, 0.29) is 3.57 Å². The second-order valence-corrected chi connectivity index (χ2v) is 4.67. The zero-order valence-corrected chi connectivity index (χ0v) is 10.9. The van der Waals surface area contributed by atoms with Crippen molar-refractivity contribution in [3.05, 3.63) is 32.4 Å². The molecule has 0 heterocycles. The highest BCUT2D eigenvalue weighted by Gasteiger charge is 2.42. The molecule has 0 spiro atoms. The molecule has 0 aliphatic rings. The molecule has 1 rings (SSSR count). The summed E-state index contributed by atoms with van der Waals surface area (Å²) < 4.78 is 75.6. The first-order chi connectivity index (χ1) is 7.94. The minimum atomic E-state index is -5.01. The number of carbonyl (C=O) groups is 1. The maximum atomic E-state index is 12.6. The number of halogens is 7. The fourth-order valence-corrected chi connectivity index (χ4v) is 2.06. The van der Waals surface area contributed by atoms with Crippen LogP contribution in [-0.2, 0) is 12.4 Å². The Bertz CT molecular complexity index is 453. The van der Waals surface area contributed by atoms with Crippen molar-refractivity contribution in [3.63, 3.8) is 0 Å². The van der Waals surface area contributed by atoms with E-state index in [4.69, 9.17) is 0 Å². The maximum Gasteiger partial charge on any atom is 0.417 e. The Morgan fingerprint density at radius 2 is 1.33 bits per heavy atom. The summed E-state index contributed by atoms with van der Waals surface area (Å²) in [5.74, 6) is -1.27. The maximum absolute atomic E-state index is 12.6. The number of Topliss-reactive ketones (excluding diaryl/α,β-unsaturated/α-hetero) is 1. The second-order valence-electron chi connectivity index (χ2n) is 3.43. The molecule has 0 amide bonds. The van der Waals surface area contributed by atoms with Crippen molar-refractivity contribution in [1.82, 2.24) is 0 Å². The molecule has 100 valence electrons. The first kappa shape index (κ1) is 15.3. The summed E-state index contributed by atoms with van der Waals surface area (Å²) in [5, 5.41) is 0. The van der Waals surface area contributed by atoms with Crippen LogP contribution in [0.1, 0.15) is 28.4 Å². The Labute approximate surface area is 111 Å². The van der Waals surface area contributed by atoms with Gasteiger partial charge in [0.15, 0.2) is 5.78 Å². The molecule has 0 saturated carbocycles. The molecule has 0 aliphatic heterocycles. The molecule has 0 fully saturated rings. The van der Waals surface area contributed by atoms with Gasteiger partial charge in [-0.15, -0.1) is 0 Å². The fraction of sp³-hybridized carbons (Fsp3) is 0.300. The molecule has 1 aromatic carbocycles. The Balaban J connectivity index is 3.74. The molecule has 0 aromatic heterocycles. The number of hydrogen-bond acceptors (Lipinski definition) is 1. The zero-order valence-electron chi connectivity index (χ0n) is 8.71. The highest BCUT2D eigenvalue weighted by atomic mass is 127. The van der Waals surface area contributed by atoms with Gasteiger partial charge in [0.05, 0.1) is 11.1 Å². The molecule has 0 aliphatic carbocycles. The number of alkyl halides is 6. The van der Waals surface area contributed by atoms with E-state index in [1.165, 1.54) is 22.6 Å². The Morgan fingerprint density at radius 3 is 1.56 bits per heavy atom. The van der Waals surface area contributed by atoms with E-state index in [0.717, 1.165) is 0 Å². The quantitative estimate of drug-likeness (QED) is 0.396. The van der Waals surface area contributed by atoms with Crippen LogP contribution in [0, 0.1) is 3.57 Å². The topological polar surface area (TPSA) is 17.1 Å². The lowest BCUT2D eigenvalue weighted by atomic mass is 9.97. The van der Waals surface area contributed by atoms with Crippen molar-refractivity contribution in [2.24, 2.45) is 0 Å². The van der Waals surface area contributed by atoms with Crippen LogP contribution >= 0.6 is 22.6 Å². The van der Waals surface area contributed by atoms with Gasteiger partial charge in [-0.3, -0.25) is 4.79 Å². The van der Waals surface area contributed by atoms with Gasteiger partial charge in [-0.2, -0.15) is 26.3 Å².